The molecule has 0 spiro atoms. The quantitative estimate of drug-likeness (QED) is 0.732. The molecule has 0 atom stereocenters. The van der Waals surface area contributed by atoms with E-state index in [1.54, 1.807) is 0 Å². The van der Waals surface area contributed by atoms with E-state index in [0.29, 0.717) is 0 Å². The van der Waals surface area contributed by atoms with Crippen molar-refractivity contribution < 1.29 is 0 Å². The maximum absolute atomic E-state index is 2.35. The number of benzene rings is 1. The van der Waals surface area contributed by atoms with E-state index in [1.807, 2.05) is 0 Å². The fourth-order valence-electron chi connectivity index (χ4n) is 2.13. The minimum Gasteiger partial charge on any atom is -0.347 e. The normalized spacial score (nSPS) is 10.7. The van der Waals surface area contributed by atoms with Crippen molar-refractivity contribution in [2.45, 2.75) is 33.7 Å². The lowest BCUT2D eigenvalue weighted by Gasteiger charge is -2.06. The fourth-order valence-corrected chi connectivity index (χ4v) is 2.13. The highest BCUT2D eigenvalue weighted by Gasteiger charge is 2.06. The first-order chi connectivity index (χ1) is 7.72. The minimum absolute atomic E-state index is 0.980. The Labute approximate surface area is 97.7 Å². The standard InChI is InChI=1S/C15H19N/c1-4-15-11-16(13(3)12(15)2)10-14-8-6-5-7-9-14/h5-9,11H,4,10H2,1-3H3. The maximum Gasteiger partial charge on any atom is 0.0472 e. The topological polar surface area (TPSA) is 4.93 Å². The number of aromatic nitrogens is 1. The highest BCUT2D eigenvalue weighted by molar-refractivity contribution is 5.31. The lowest BCUT2D eigenvalue weighted by atomic mass is 10.1. The van der Waals surface area contributed by atoms with E-state index in [1.165, 1.54) is 22.4 Å². The third kappa shape index (κ3) is 2.04. The summed E-state index contributed by atoms with van der Waals surface area (Å²) in [7, 11) is 0. The lowest BCUT2D eigenvalue weighted by molar-refractivity contribution is 0.771. The number of rotatable bonds is 3. The van der Waals surface area contributed by atoms with E-state index in [4.69, 9.17) is 0 Å². The Bertz CT molecular complexity index is 466. The van der Waals surface area contributed by atoms with Gasteiger partial charge in [-0.15, -0.1) is 0 Å². The van der Waals surface area contributed by atoms with Crippen molar-refractivity contribution in [3.8, 4) is 0 Å². The molecule has 0 aliphatic heterocycles. The second-order valence-corrected chi connectivity index (χ2v) is 4.33. The van der Waals surface area contributed by atoms with Crippen molar-refractivity contribution >= 4 is 0 Å². The van der Waals surface area contributed by atoms with Crippen LogP contribution in [-0.4, -0.2) is 4.57 Å². The van der Waals surface area contributed by atoms with E-state index in [0.717, 1.165) is 13.0 Å². The third-order valence-corrected chi connectivity index (χ3v) is 3.34. The fraction of sp³-hybridized carbons (Fsp3) is 0.333. The molecule has 84 valence electrons. The summed E-state index contributed by atoms with van der Waals surface area (Å²) in [5.41, 5.74) is 5.66. The molecule has 0 bridgehead atoms. The smallest absolute Gasteiger partial charge is 0.0472 e. The van der Waals surface area contributed by atoms with Gasteiger partial charge in [-0.3, -0.25) is 0 Å². The molecule has 16 heavy (non-hydrogen) atoms. The van der Waals surface area contributed by atoms with Crippen LogP contribution in [0.1, 0.15) is 29.3 Å². The molecular formula is C15H19N. The van der Waals surface area contributed by atoms with Gasteiger partial charge in [0.05, 0.1) is 0 Å². The molecule has 0 amide bonds. The van der Waals surface area contributed by atoms with Crippen LogP contribution in [0, 0.1) is 13.8 Å². The van der Waals surface area contributed by atoms with Crippen LogP contribution in [0.2, 0.25) is 0 Å². The summed E-state index contributed by atoms with van der Waals surface area (Å²) >= 11 is 0. The van der Waals surface area contributed by atoms with Gasteiger partial charge in [-0.25, -0.2) is 0 Å². The number of aryl methyl sites for hydroxylation is 1. The minimum atomic E-state index is 0.980. The van der Waals surface area contributed by atoms with Gasteiger partial charge < -0.3 is 4.57 Å². The monoisotopic (exact) mass is 213 g/mol. The number of hydrogen-bond acceptors (Lipinski definition) is 0. The molecule has 1 aromatic heterocycles. The van der Waals surface area contributed by atoms with Crippen LogP contribution < -0.4 is 0 Å². The summed E-state index contributed by atoms with van der Waals surface area (Å²) in [6.45, 7) is 7.62. The number of hydrogen-bond donors (Lipinski definition) is 0. The Morgan fingerprint density at radius 2 is 1.75 bits per heavy atom. The van der Waals surface area contributed by atoms with Crippen molar-refractivity contribution in [1.29, 1.82) is 0 Å². The molecule has 0 radical (unpaired) electrons. The third-order valence-electron chi connectivity index (χ3n) is 3.34. The van der Waals surface area contributed by atoms with Gasteiger partial charge in [0, 0.05) is 18.4 Å². The Kier molecular flexibility index (Phi) is 3.14. The van der Waals surface area contributed by atoms with Gasteiger partial charge in [-0.2, -0.15) is 0 Å². The molecule has 1 heteroatoms. The Morgan fingerprint density at radius 3 is 2.31 bits per heavy atom. The highest BCUT2D eigenvalue weighted by atomic mass is 15.0. The predicted molar refractivity (Wildman–Crippen MR) is 68.8 cm³/mol. The van der Waals surface area contributed by atoms with Gasteiger partial charge in [0.25, 0.3) is 0 Å². The second kappa shape index (κ2) is 4.56. The van der Waals surface area contributed by atoms with Gasteiger partial charge >= 0.3 is 0 Å². The van der Waals surface area contributed by atoms with Gasteiger partial charge in [-0.05, 0) is 37.0 Å². The predicted octanol–water partition coefficient (Wildman–Crippen LogP) is 3.72. The van der Waals surface area contributed by atoms with Gasteiger partial charge in [0.15, 0.2) is 0 Å². The zero-order valence-corrected chi connectivity index (χ0v) is 10.3. The first-order valence-electron chi connectivity index (χ1n) is 5.91. The molecule has 0 aliphatic rings. The molecule has 2 rings (SSSR count). The van der Waals surface area contributed by atoms with E-state index in [9.17, 15) is 0 Å². The van der Waals surface area contributed by atoms with Crippen LogP contribution in [0.3, 0.4) is 0 Å². The summed E-state index contributed by atoms with van der Waals surface area (Å²) in [6.07, 6.45) is 3.41. The highest BCUT2D eigenvalue weighted by Crippen LogP contribution is 2.17. The Balaban J connectivity index is 2.29. The molecule has 0 unspecified atom stereocenters. The van der Waals surface area contributed by atoms with Gasteiger partial charge in [-0.1, -0.05) is 37.3 Å². The van der Waals surface area contributed by atoms with Crippen LogP contribution in [0.15, 0.2) is 36.5 Å². The first kappa shape index (κ1) is 11.0. The van der Waals surface area contributed by atoms with Crippen LogP contribution in [0.5, 0.6) is 0 Å². The lowest BCUT2D eigenvalue weighted by Crippen LogP contribution is -2.00. The van der Waals surface area contributed by atoms with Crippen molar-refractivity contribution in [3.63, 3.8) is 0 Å². The van der Waals surface area contributed by atoms with Crippen molar-refractivity contribution in [3.05, 3.63) is 58.9 Å². The molecule has 0 N–H and O–H groups in total. The van der Waals surface area contributed by atoms with E-state index >= 15 is 0 Å². The van der Waals surface area contributed by atoms with Crippen LogP contribution in [0.4, 0.5) is 0 Å². The van der Waals surface area contributed by atoms with Crippen LogP contribution in [-0.2, 0) is 13.0 Å². The average molecular weight is 213 g/mol. The number of nitrogens with zero attached hydrogens (tertiary/aromatic N) is 1. The SMILES string of the molecule is CCc1cn(Cc2ccccc2)c(C)c1C. The van der Waals surface area contributed by atoms with E-state index in [-0.39, 0.29) is 0 Å². The first-order valence-corrected chi connectivity index (χ1v) is 5.91. The van der Waals surface area contributed by atoms with E-state index in [2.05, 4.69) is 61.9 Å². The molecule has 0 saturated carbocycles. The van der Waals surface area contributed by atoms with Crippen molar-refractivity contribution in [2.24, 2.45) is 0 Å². The summed E-state index contributed by atoms with van der Waals surface area (Å²) < 4.78 is 2.35. The summed E-state index contributed by atoms with van der Waals surface area (Å²) in [5, 5.41) is 0. The molecular weight excluding hydrogens is 194 g/mol. The zero-order valence-electron chi connectivity index (χ0n) is 10.3. The van der Waals surface area contributed by atoms with Crippen molar-refractivity contribution in [2.75, 3.05) is 0 Å². The van der Waals surface area contributed by atoms with Crippen LogP contribution >= 0.6 is 0 Å². The molecule has 0 aliphatic carbocycles. The summed E-state index contributed by atoms with van der Waals surface area (Å²) in [4.78, 5) is 0. The van der Waals surface area contributed by atoms with Crippen molar-refractivity contribution in [1.82, 2.24) is 4.57 Å². The molecule has 0 saturated heterocycles. The summed E-state index contributed by atoms with van der Waals surface area (Å²) in [5.74, 6) is 0. The van der Waals surface area contributed by atoms with Gasteiger partial charge in [0.1, 0.15) is 0 Å². The molecule has 1 heterocycles. The Hall–Kier alpha value is -1.50. The largest absolute Gasteiger partial charge is 0.347 e. The second-order valence-electron chi connectivity index (χ2n) is 4.33. The van der Waals surface area contributed by atoms with Crippen LogP contribution in [0.25, 0.3) is 0 Å². The Morgan fingerprint density at radius 1 is 1.06 bits per heavy atom. The molecule has 0 fully saturated rings. The zero-order chi connectivity index (χ0) is 11.5. The van der Waals surface area contributed by atoms with E-state index < -0.39 is 0 Å². The maximum atomic E-state index is 2.35. The summed E-state index contributed by atoms with van der Waals surface area (Å²) in [6, 6.07) is 10.6. The molecule has 1 aromatic carbocycles. The average Bonchev–Trinajstić information content (AvgIpc) is 2.58. The molecule has 1 nitrogen and oxygen atoms in total. The molecule has 2 aromatic rings. The van der Waals surface area contributed by atoms with Gasteiger partial charge in [0.2, 0.25) is 0 Å².